The van der Waals surface area contributed by atoms with Crippen molar-refractivity contribution in [2.45, 2.75) is 39.2 Å². The quantitative estimate of drug-likeness (QED) is 0.737. The first kappa shape index (κ1) is 15.0. The topological polar surface area (TPSA) is 84.2 Å². The zero-order valence-corrected chi connectivity index (χ0v) is 11.4. The number of rotatable bonds is 6. The molecule has 0 spiro atoms. The first-order chi connectivity index (χ1) is 9.02. The Morgan fingerprint density at radius 2 is 1.89 bits per heavy atom. The van der Waals surface area contributed by atoms with Gasteiger partial charge in [0.2, 0.25) is 5.91 Å². The molecule has 1 aromatic carbocycles. The molecule has 0 bridgehead atoms. The number of nitrogens with one attached hydrogen (secondary N) is 2. The molecule has 19 heavy (non-hydrogen) atoms. The van der Waals surface area contributed by atoms with Gasteiger partial charge in [-0.05, 0) is 31.0 Å². The number of amides is 3. The molecule has 0 saturated heterocycles. The molecule has 1 unspecified atom stereocenters. The molecule has 1 atom stereocenters. The zero-order chi connectivity index (χ0) is 14.3. The lowest BCUT2D eigenvalue weighted by Gasteiger charge is -2.14. The van der Waals surface area contributed by atoms with Crippen LogP contribution in [-0.2, 0) is 4.79 Å². The van der Waals surface area contributed by atoms with Crippen LogP contribution in [0.3, 0.4) is 0 Å². The van der Waals surface area contributed by atoms with Gasteiger partial charge in [-0.1, -0.05) is 25.5 Å². The lowest BCUT2D eigenvalue weighted by atomic mass is 10.1. The summed E-state index contributed by atoms with van der Waals surface area (Å²) in [5, 5.41) is 5.43. The molecule has 1 rings (SSSR count). The van der Waals surface area contributed by atoms with Gasteiger partial charge >= 0.3 is 6.03 Å². The van der Waals surface area contributed by atoms with Crippen molar-refractivity contribution in [1.29, 1.82) is 0 Å². The summed E-state index contributed by atoms with van der Waals surface area (Å²) in [4.78, 5) is 22.3. The minimum Gasteiger partial charge on any atom is -0.351 e. The third-order valence-electron chi connectivity index (χ3n) is 2.81. The maximum Gasteiger partial charge on any atom is 0.316 e. The van der Waals surface area contributed by atoms with Gasteiger partial charge in [-0.2, -0.15) is 0 Å². The van der Waals surface area contributed by atoms with Crippen LogP contribution >= 0.6 is 0 Å². The standard InChI is InChI=1S/C14H21N3O2/c1-3-4-5-13(18)16-10(2)11-6-8-12(9-7-11)17-14(15)19/h6-10H,3-5H2,1-2H3,(H,16,18)(H3,15,17,19). The highest BCUT2D eigenvalue weighted by Crippen LogP contribution is 2.16. The number of carbonyl (C=O) groups is 2. The van der Waals surface area contributed by atoms with E-state index in [1.54, 1.807) is 12.1 Å². The number of hydrogen-bond donors (Lipinski definition) is 3. The van der Waals surface area contributed by atoms with Crippen molar-refractivity contribution in [1.82, 2.24) is 5.32 Å². The molecule has 3 amide bonds. The molecule has 0 aliphatic rings. The monoisotopic (exact) mass is 263 g/mol. The summed E-state index contributed by atoms with van der Waals surface area (Å²) in [6.07, 6.45) is 2.47. The van der Waals surface area contributed by atoms with E-state index < -0.39 is 6.03 Å². The number of unbranched alkanes of at least 4 members (excludes halogenated alkanes) is 1. The second-order valence-corrected chi connectivity index (χ2v) is 4.50. The summed E-state index contributed by atoms with van der Waals surface area (Å²) in [7, 11) is 0. The Balaban J connectivity index is 2.55. The summed E-state index contributed by atoms with van der Waals surface area (Å²) in [5.74, 6) is 0.0636. The van der Waals surface area contributed by atoms with Crippen molar-refractivity contribution in [3.8, 4) is 0 Å². The van der Waals surface area contributed by atoms with Crippen molar-refractivity contribution in [3.05, 3.63) is 29.8 Å². The van der Waals surface area contributed by atoms with Gasteiger partial charge in [-0.3, -0.25) is 4.79 Å². The summed E-state index contributed by atoms with van der Waals surface area (Å²) in [6.45, 7) is 3.99. The molecule has 0 aliphatic carbocycles. The van der Waals surface area contributed by atoms with Crippen molar-refractivity contribution >= 4 is 17.6 Å². The molecular weight excluding hydrogens is 242 g/mol. The van der Waals surface area contributed by atoms with E-state index in [4.69, 9.17) is 5.73 Å². The lowest BCUT2D eigenvalue weighted by molar-refractivity contribution is -0.121. The van der Waals surface area contributed by atoms with Crippen molar-refractivity contribution < 1.29 is 9.59 Å². The molecule has 4 N–H and O–H groups in total. The smallest absolute Gasteiger partial charge is 0.316 e. The highest BCUT2D eigenvalue weighted by atomic mass is 16.2. The van der Waals surface area contributed by atoms with E-state index in [0.717, 1.165) is 18.4 Å². The predicted octanol–water partition coefficient (Wildman–Crippen LogP) is 2.54. The molecule has 0 aliphatic heterocycles. The van der Waals surface area contributed by atoms with E-state index in [1.807, 2.05) is 19.1 Å². The second kappa shape index (κ2) is 7.41. The third kappa shape index (κ3) is 5.42. The number of carbonyl (C=O) groups excluding carboxylic acids is 2. The van der Waals surface area contributed by atoms with E-state index in [-0.39, 0.29) is 11.9 Å². The minimum atomic E-state index is -0.589. The first-order valence-corrected chi connectivity index (χ1v) is 6.48. The Morgan fingerprint density at radius 1 is 1.26 bits per heavy atom. The highest BCUT2D eigenvalue weighted by molar-refractivity contribution is 5.87. The van der Waals surface area contributed by atoms with Crippen LogP contribution in [-0.4, -0.2) is 11.9 Å². The second-order valence-electron chi connectivity index (χ2n) is 4.50. The molecule has 0 heterocycles. The van der Waals surface area contributed by atoms with Gasteiger partial charge in [0.25, 0.3) is 0 Å². The summed E-state index contributed by atoms with van der Waals surface area (Å²) in [6, 6.07) is 6.59. The van der Waals surface area contributed by atoms with E-state index in [9.17, 15) is 9.59 Å². The lowest BCUT2D eigenvalue weighted by Crippen LogP contribution is -2.26. The van der Waals surface area contributed by atoms with Crippen LogP contribution in [0, 0.1) is 0 Å². The fourth-order valence-corrected chi connectivity index (χ4v) is 1.73. The molecule has 0 radical (unpaired) electrons. The zero-order valence-electron chi connectivity index (χ0n) is 11.4. The molecule has 5 nitrogen and oxygen atoms in total. The highest BCUT2D eigenvalue weighted by Gasteiger charge is 2.09. The summed E-state index contributed by atoms with van der Waals surface area (Å²) in [5.41, 5.74) is 6.65. The molecule has 104 valence electrons. The third-order valence-corrected chi connectivity index (χ3v) is 2.81. The number of nitrogens with two attached hydrogens (primary N) is 1. The Morgan fingerprint density at radius 3 is 2.42 bits per heavy atom. The first-order valence-electron chi connectivity index (χ1n) is 6.48. The van der Waals surface area contributed by atoms with Crippen molar-refractivity contribution in [3.63, 3.8) is 0 Å². The molecule has 0 aromatic heterocycles. The van der Waals surface area contributed by atoms with Crippen LogP contribution in [0.2, 0.25) is 0 Å². The van der Waals surface area contributed by atoms with Crippen molar-refractivity contribution in [2.24, 2.45) is 5.73 Å². The predicted molar refractivity (Wildman–Crippen MR) is 75.7 cm³/mol. The fourth-order valence-electron chi connectivity index (χ4n) is 1.73. The van der Waals surface area contributed by atoms with E-state index in [1.165, 1.54) is 0 Å². The average Bonchev–Trinajstić information content (AvgIpc) is 2.36. The summed E-state index contributed by atoms with van der Waals surface area (Å²) < 4.78 is 0. The molecule has 5 heteroatoms. The molecule has 0 saturated carbocycles. The number of primary amides is 1. The van der Waals surface area contributed by atoms with E-state index in [0.29, 0.717) is 12.1 Å². The van der Waals surface area contributed by atoms with Crippen LogP contribution < -0.4 is 16.4 Å². The van der Waals surface area contributed by atoms with Crippen LogP contribution in [0.5, 0.6) is 0 Å². The largest absolute Gasteiger partial charge is 0.351 e. The fraction of sp³-hybridized carbons (Fsp3) is 0.429. The minimum absolute atomic E-state index is 0.0491. The van der Waals surface area contributed by atoms with Crippen LogP contribution in [0.4, 0.5) is 10.5 Å². The van der Waals surface area contributed by atoms with Crippen LogP contribution in [0.25, 0.3) is 0 Å². The van der Waals surface area contributed by atoms with Crippen LogP contribution in [0.15, 0.2) is 24.3 Å². The number of benzene rings is 1. The van der Waals surface area contributed by atoms with Gasteiger partial charge in [-0.15, -0.1) is 0 Å². The van der Waals surface area contributed by atoms with Gasteiger partial charge in [0.15, 0.2) is 0 Å². The maximum absolute atomic E-state index is 11.6. The SMILES string of the molecule is CCCCC(=O)NC(C)c1ccc(NC(N)=O)cc1. The molecule has 0 fully saturated rings. The number of urea groups is 1. The van der Waals surface area contributed by atoms with Gasteiger partial charge < -0.3 is 16.4 Å². The summed E-state index contributed by atoms with van der Waals surface area (Å²) >= 11 is 0. The van der Waals surface area contributed by atoms with E-state index in [2.05, 4.69) is 17.6 Å². The van der Waals surface area contributed by atoms with Gasteiger partial charge in [-0.25, -0.2) is 4.79 Å². The average molecular weight is 263 g/mol. The Hall–Kier alpha value is -2.04. The van der Waals surface area contributed by atoms with Gasteiger partial charge in [0.05, 0.1) is 6.04 Å². The number of anilines is 1. The maximum atomic E-state index is 11.6. The van der Waals surface area contributed by atoms with Gasteiger partial charge in [0, 0.05) is 12.1 Å². The Labute approximate surface area is 113 Å². The van der Waals surface area contributed by atoms with Gasteiger partial charge in [0.1, 0.15) is 0 Å². The normalized spacial score (nSPS) is 11.7. The molecule has 1 aromatic rings. The van der Waals surface area contributed by atoms with Crippen LogP contribution in [0.1, 0.15) is 44.7 Å². The number of hydrogen-bond acceptors (Lipinski definition) is 2. The molecular formula is C14H21N3O2. The Kier molecular flexibility index (Phi) is 5.85. The van der Waals surface area contributed by atoms with Crippen molar-refractivity contribution in [2.75, 3.05) is 5.32 Å². The Bertz CT molecular complexity index is 429. The van der Waals surface area contributed by atoms with E-state index >= 15 is 0 Å².